The van der Waals surface area contributed by atoms with E-state index in [4.69, 9.17) is 0 Å². The van der Waals surface area contributed by atoms with Crippen LogP contribution < -0.4 is 0 Å². The van der Waals surface area contributed by atoms with Gasteiger partial charge in [-0.05, 0) is 36.2 Å². The fourth-order valence-corrected chi connectivity index (χ4v) is 2.29. The first-order chi connectivity index (χ1) is 8.31. The summed E-state index contributed by atoms with van der Waals surface area (Å²) in [6, 6.07) is 3.59. The van der Waals surface area contributed by atoms with Gasteiger partial charge < -0.3 is 0 Å². The fourth-order valence-electron chi connectivity index (χ4n) is 1.36. The van der Waals surface area contributed by atoms with Gasteiger partial charge in [-0.2, -0.15) is 13.2 Å². The third-order valence-electron chi connectivity index (χ3n) is 1.99. The molecule has 0 saturated carbocycles. The monoisotopic (exact) mass is 343 g/mol. The molecule has 0 spiro atoms. The molecule has 0 aliphatic carbocycles. The molecule has 1 rings (SSSR count). The molecule has 0 N–H and O–H groups in total. The van der Waals surface area contributed by atoms with Crippen molar-refractivity contribution in [2.24, 2.45) is 0 Å². The normalized spacial score (nSPS) is 11.6. The Kier molecular flexibility index (Phi) is 5.46. The van der Waals surface area contributed by atoms with Gasteiger partial charge in [-0.1, -0.05) is 15.9 Å². The molecule has 0 amide bonds. The Bertz CT molecular complexity index is 440. The van der Waals surface area contributed by atoms with Gasteiger partial charge in [0.05, 0.1) is 4.92 Å². The van der Waals surface area contributed by atoms with E-state index in [-0.39, 0.29) is 22.3 Å². The van der Waals surface area contributed by atoms with Crippen LogP contribution >= 0.6 is 27.7 Å². The van der Waals surface area contributed by atoms with E-state index in [1.54, 1.807) is 0 Å². The predicted octanol–water partition coefficient (Wildman–Crippen LogP) is 4.53. The maximum absolute atomic E-state index is 12.2. The van der Waals surface area contributed by atoms with Crippen molar-refractivity contribution >= 4 is 33.4 Å². The summed E-state index contributed by atoms with van der Waals surface area (Å²) >= 11 is 2.87. The number of benzene rings is 1. The van der Waals surface area contributed by atoms with Crippen molar-refractivity contribution in [3.63, 3.8) is 0 Å². The molecule has 1 aromatic rings. The molecule has 3 nitrogen and oxygen atoms in total. The molecule has 0 bridgehead atoms. The Balaban J connectivity index is 3.02. The molecule has 0 aromatic heterocycles. The topological polar surface area (TPSA) is 43.1 Å². The molecule has 8 heteroatoms. The van der Waals surface area contributed by atoms with Gasteiger partial charge in [0, 0.05) is 22.4 Å². The third kappa shape index (κ3) is 5.26. The molecule has 18 heavy (non-hydrogen) atoms. The molecule has 0 radical (unpaired) electrons. The van der Waals surface area contributed by atoms with Gasteiger partial charge in [-0.3, -0.25) is 10.1 Å². The molecular weight excluding hydrogens is 335 g/mol. The first-order valence-electron chi connectivity index (χ1n) is 4.92. The average Bonchev–Trinajstić information content (AvgIpc) is 2.23. The van der Waals surface area contributed by atoms with Crippen molar-refractivity contribution in [1.82, 2.24) is 0 Å². The van der Waals surface area contributed by atoms with Crippen LogP contribution in [0, 0.1) is 10.1 Å². The van der Waals surface area contributed by atoms with Crippen LogP contribution in [0.3, 0.4) is 0 Å². The molecule has 0 saturated heterocycles. The van der Waals surface area contributed by atoms with Crippen molar-refractivity contribution in [3.8, 4) is 0 Å². The summed E-state index contributed by atoms with van der Waals surface area (Å²) in [4.78, 5) is 9.82. The van der Waals surface area contributed by atoms with Crippen molar-refractivity contribution < 1.29 is 18.1 Å². The van der Waals surface area contributed by atoms with E-state index in [9.17, 15) is 23.3 Å². The Morgan fingerprint density at radius 3 is 2.50 bits per heavy atom. The van der Waals surface area contributed by atoms with Gasteiger partial charge in [0.15, 0.2) is 0 Å². The largest absolute Gasteiger partial charge is 0.446 e. The lowest BCUT2D eigenvalue weighted by molar-refractivity contribution is -0.385. The van der Waals surface area contributed by atoms with Crippen LogP contribution in [0.4, 0.5) is 18.9 Å². The van der Waals surface area contributed by atoms with Crippen molar-refractivity contribution in [3.05, 3.63) is 33.9 Å². The van der Waals surface area contributed by atoms with E-state index in [0.717, 1.165) is 6.07 Å². The Hall–Kier alpha value is -0.760. The van der Waals surface area contributed by atoms with Gasteiger partial charge >= 0.3 is 5.51 Å². The SMILES string of the molecule is O=[N+]([O-])c1cc(CCCBr)cc(SC(F)(F)F)c1. The predicted molar refractivity (Wildman–Crippen MR) is 67.1 cm³/mol. The van der Waals surface area contributed by atoms with Crippen molar-refractivity contribution in [1.29, 1.82) is 0 Å². The van der Waals surface area contributed by atoms with Crippen molar-refractivity contribution in [2.45, 2.75) is 23.2 Å². The molecule has 0 atom stereocenters. The zero-order chi connectivity index (χ0) is 13.8. The molecule has 0 heterocycles. The maximum Gasteiger partial charge on any atom is 0.446 e. The second-order valence-electron chi connectivity index (χ2n) is 3.43. The van der Waals surface area contributed by atoms with Crippen LogP contribution in [0.25, 0.3) is 0 Å². The van der Waals surface area contributed by atoms with Crippen LogP contribution in [0.5, 0.6) is 0 Å². The van der Waals surface area contributed by atoms with Crippen LogP contribution in [0.1, 0.15) is 12.0 Å². The Labute approximate surface area is 114 Å². The summed E-state index contributed by atoms with van der Waals surface area (Å²) in [6.07, 6.45) is 1.20. The van der Waals surface area contributed by atoms with Crippen LogP contribution in [0.15, 0.2) is 23.1 Å². The lowest BCUT2D eigenvalue weighted by atomic mass is 10.1. The van der Waals surface area contributed by atoms with Crippen LogP contribution in [-0.2, 0) is 6.42 Å². The summed E-state index contributed by atoms with van der Waals surface area (Å²) in [5, 5.41) is 11.3. The molecule has 0 unspecified atom stereocenters. The lowest BCUT2D eigenvalue weighted by Crippen LogP contribution is -2.00. The van der Waals surface area contributed by atoms with E-state index in [0.29, 0.717) is 23.7 Å². The second-order valence-corrected chi connectivity index (χ2v) is 5.36. The van der Waals surface area contributed by atoms with Gasteiger partial charge in [-0.25, -0.2) is 0 Å². The van der Waals surface area contributed by atoms with E-state index in [1.807, 2.05) is 0 Å². The highest BCUT2D eigenvalue weighted by molar-refractivity contribution is 9.09. The second kappa shape index (κ2) is 6.42. The molecule has 0 aliphatic heterocycles. The van der Waals surface area contributed by atoms with E-state index >= 15 is 0 Å². The van der Waals surface area contributed by atoms with E-state index < -0.39 is 10.4 Å². The van der Waals surface area contributed by atoms with Gasteiger partial charge in [0.1, 0.15) is 0 Å². The maximum atomic E-state index is 12.2. The highest BCUT2D eigenvalue weighted by Gasteiger charge is 2.30. The summed E-state index contributed by atoms with van der Waals surface area (Å²) in [5.41, 5.74) is -4.22. The third-order valence-corrected chi connectivity index (χ3v) is 3.26. The summed E-state index contributed by atoms with van der Waals surface area (Å²) in [5.74, 6) is 0. The number of halogens is 4. The number of non-ortho nitro benzene ring substituents is 1. The minimum atomic E-state index is -4.44. The number of hydrogen-bond donors (Lipinski definition) is 0. The van der Waals surface area contributed by atoms with Gasteiger partial charge in [0.25, 0.3) is 5.69 Å². The van der Waals surface area contributed by atoms with Crippen molar-refractivity contribution in [2.75, 3.05) is 5.33 Å². The molecular formula is C10H9BrF3NO2S. The summed E-state index contributed by atoms with van der Waals surface area (Å²) < 4.78 is 36.7. The van der Waals surface area contributed by atoms with E-state index in [1.165, 1.54) is 12.1 Å². The van der Waals surface area contributed by atoms with E-state index in [2.05, 4.69) is 15.9 Å². The van der Waals surface area contributed by atoms with Gasteiger partial charge in [0.2, 0.25) is 0 Å². The number of nitro benzene ring substituents is 1. The Morgan fingerprint density at radius 1 is 1.33 bits per heavy atom. The minimum absolute atomic E-state index is 0.152. The molecule has 100 valence electrons. The first-order valence-corrected chi connectivity index (χ1v) is 6.85. The number of thioether (sulfide) groups is 1. The average molecular weight is 344 g/mol. The number of nitro groups is 1. The smallest absolute Gasteiger partial charge is 0.258 e. The highest BCUT2D eigenvalue weighted by atomic mass is 79.9. The number of aryl methyl sites for hydroxylation is 1. The Morgan fingerprint density at radius 2 is 2.00 bits per heavy atom. The van der Waals surface area contributed by atoms with Crippen LogP contribution in [-0.4, -0.2) is 15.8 Å². The van der Waals surface area contributed by atoms with Crippen LogP contribution in [0.2, 0.25) is 0 Å². The quantitative estimate of drug-likeness (QED) is 0.341. The molecule has 0 fully saturated rings. The van der Waals surface area contributed by atoms with Gasteiger partial charge in [-0.15, -0.1) is 0 Å². The number of hydrogen-bond acceptors (Lipinski definition) is 3. The zero-order valence-corrected chi connectivity index (χ0v) is 11.4. The minimum Gasteiger partial charge on any atom is -0.258 e. The zero-order valence-electron chi connectivity index (χ0n) is 9.04. The molecule has 0 aliphatic rings. The fraction of sp³-hybridized carbons (Fsp3) is 0.400. The number of rotatable bonds is 5. The lowest BCUT2D eigenvalue weighted by Gasteiger charge is -2.07. The number of nitrogens with zero attached hydrogens (tertiary/aromatic N) is 1. The number of alkyl halides is 4. The highest BCUT2D eigenvalue weighted by Crippen LogP contribution is 2.38. The summed E-state index contributed by atoms with van der Waals surface area (Å²) in [6.45, 7) is 0. The summed E-state index contributed by atoms with van der Waals surface area (Å²) in [7, 11) is 0. The standard InChI is InChI=1S/C10H9BrF3NO2S/c11-3-1-2-7-4-8(15(16)17)6-9(5-7)18-10(12,13)14/h4-6H,1-3H2. The molecule has 1 aromatic carbocycles. The first kappa shape index (κ1) is 15.3.